The van der Waals surface area contributed by atoms with Crippen molar-refractivity contribution in [2.75, 3.05) is 20.1 Å². The first kappa shape index (κ1) is 30.4. The number of carbonyl (C=O) groups excluding carboxylic acids is 2. The molecule has 0 aliphatic heterocycles. The van der Waals surface area contributed by atoms with Gasteiger partial charge in [0.05, 0.1) is 6.42 Å². The standard InChI is InChI=1S/C30H37ClFN3O4/c1-20(2)22-8-12-30(13-9-22,34-27(19-36)24-16-25(31)18-26(32)17-24)35(3)15-11-21-4-6-23(7-5-21)29(39)33-14-10-28(37)38/h4-7,16-20,22H,8-15H2,1-3H3,(H,33,39)(H,37,38)/b34-27+. The van der Waals surface area contributed by atoms with Gasteiger partial charge >= 0.3 is 5.97 Å². The number of likely N-dealkylation sites (N-methyl/N-ethyl adjacent to an activating group) is 1. The molecule has 9 heteroatoms. The Morgan fingerprint density at radius 2 is 1.85 bits per heavy atom. The highest BCUT2D eigenvalue weighted by molar-refractivity contribution is 6.37. The van der Waals surface area contributed by atoms with Crippen LogP contribution in [-0.4, -0.2) is 59.7 Å². The normalized spacial score (nSPS) is 19.8. The summed E-state index contributed by atoms with van der Waals surface area (Å²) >= 11 is 6.06. The zero-order valence-corrected chi connectivity index (χ0v) is 23.5. The molecule has 7 nitrogen and oxygen atoms in total. The van der Waals surface area contributed by atoms with Crippen molar-refractivity contribution in [3.05, 3.63) is 70.0 Å². The molecular formula is C30H37ClFN3O4. The zero-order chi connectivity index (χ0) is 28.6. The Labute approximate surface area is 234 Å². The molecule has 39 heavy (non-hydrogen) atoms. The Morgan fingerprint density at radius 1 is 1.18 bits per heavy atom. The third-order valence-electron chi connectivity index (χ3n) is 7.66. The average molecular weight is 558 g/mol. The molecule has 0 heterocycles. The van der Waals surface area contributed by atoms with Crippen LogP contribution in [0.1, 0.15) is 67.4 Å². The Kier molecular flexibility index (Phi) is 10.8. The first-order valence-electron chi connectivity index (χ1n) is 13.3. The third kappa shape index (κ3) is 8.44. The van der Waals surface area contributed by atoms with E-state index in [0.29, 0.717) is 42.2 Å². The van der Waals surface area contributed by atoms with E-state index in [9.17, 15) is 18.8 Å². The number of rotatable bonds is 12. The monoisotopic (exact) mass is 557 g/mol. The SMILES string of the molecule is CC(C)C1CCC(/N=C(\C=O)c2cc(F)cc(Cl)c2)(N(C)CCc2ccc(C(=O)NCCC(=O)O)cc2)CC1. The number of halogens is 2. The number of benzene rings is 2. The van der Waals surface area contributed by atoms with Crippen LogP contribution in [0.2, 0.25) is 5.02 Å². The minimum absolute atomic E-state index is 0.0750. The van der Waals surface area contributed by atoms with Gasteiger partial charge in [-0.1, -0.05) is 37.6 Å². The summed E-state index contributed by atoms with van der Waals surface area (Å²) in [6.07, 6.45) is 4.77. The summed E-state index contributed by atoms with van der Waals surface area (Å²) in [7, 11) is 2.00. The van der Waals surface area contributed by atoms with Crippen molar-refractivity contribution in [3.63, 3.8) is 0 Å². The minimum Gasteiger partial charge on any atom is -0.481 e. The van der Waals surface area contributed by atoms with Gasteiger partial charge in [-0.15, -0.1) is 0 Å². The van der Waals surface area contributed by atoms with Gasteiger partial charge in [-0.25, -0.2) is 4.39 Å². The fourth-order valence-corrected chi connectivity index (χ4v) is 5.37. The van der Waals surface area contributed by atoms with Crippen LogP contribution in [0.5, 0.6) is 0 Å². The third-order valence-corrected chi connectivity index (χ3v) is 7.88. The van der Waals surface area contributed by atoms with Crippen molar-refractivity contribution in [1.29, 1.82) is 0 Å². The van der Waals surface area contributed by atoms with E-state index >= 15 is 0 Å². The number of carboxylic acids is 1. The largest absolute Gasteiger partial charge is 0.481 e. The summed E-state index contributed by atoms with van der Waals surface area (Å²) in [5.41, 5.74) is 1.45. The van der Waals surface area contributed by atoms with Gasteiger partial charge < -0.3 is 10.4 Å². The molecule has 2 N–H and O–H groups in total. The van der Waals surface area contributed by atoms with E-state index in [2.05, 4.69) is 24.1 Å². The van der Waals surface area contributed by atoms with Crippen LogP contribution in [0.4, 0.5) is 4.39 Å². The molecule has 1 fully saturated rings. The van der Waals surface area contributed by atoms with Crippen LogP contribution in [0, 0.1) is 17.7 Å². The lowest BCUT2D eigenvalue weighted by molar-refractivity contribution is -0.136. The van der Waals surface area contributed by atoms with E-state index in [1.165, 1.54) is 12.1 Å². The number of carboxylic acid groups (broad SMARTS) is 1. The van der Waals surface area contributed by atoms with Gasteiger partial charge in [-0.2, -0.15) is 0 Å². The van der Waals surface area contributed by atoms with E-state index in [1.54, 1.807) is 18.2 Å². The maximum atomic E-state index is 14.1. The fourth-order valence-electron chi connectivity index (χ4n) is 5.15. The Morgan fingerprint density at radius 3 is 2.41 bits per heavy atom. The van der Waals surface area contributed by atoms with Crippen LogP contribution < -0.4 is 5.32 Å². The second-order valence-corrected chi connectivity index (χ2v) is 11.0. The second kappa shape index (κ2) is 13.8. The van der Waals surface area contributed by atoms with Crippen molar-refractivity contribution in [3.8, 4) is 0 Å². The molecule has 0 spiro atoms. The molecule has 1 aliphatic carbocycles. The Bertz CT molecular complexity index is 1170. The fraction of sp³-hybridized carbons (Fsp3) is 0.467. The van der Waals surface area contributed by atoms with Gasteiger partial charge in [0, 0.05) is 29.2 Å². The highest BCUT2D eigenvalue weighted by atomic mass is 35.5. The topological polar surface area (TPSA) is 99.1 Å². The number of carbonyl (C=O) groups is 3. The molecule has 210 valence electrons. The molecule has 0 saturated heterocycles. The number of nitrogens with zero attached hydrogens (tertiary/aromatic N) is 2. The van der Waals surface area contributed by atoms with Gasteiger partial charge in [-0.3, -0.25) is 24.3 Å². The molecule has 0 unspecified atom stereocenters. The van der Waals surface area contributed by atoms with Gasteiger partial charge in [-0.05, 0) is 86.9 Å². The van der Waals surface area contributed by atoms with E-state index in [1.807, 2.05) is 19.2 Å². The van der Waals surface area contributed by atoms with Crippen LogP contribution in [0.25, 0.3) is 0 Å². The lowest BCUT2D eigenvalue weighted by Gasteiger charge is -2.45. The van der Waals surface area contributed by atoms with Crippen molar-refractivity contribution in [2.24, 2.45) is 16.8 Å². The summed E-state index contributed by atoms with van der Waals surface area (Å²) in [6, 6.07) is 11.3. The van der Waals surface area contributed by atoms with Crippen molar-refractivity contribution >= 4 is 35.5 Å². The second-order valence-electron chi connectivity index (χ2n) is 10.6. The maximum absolute atomic E-state index is 14.1. The van der Waals surface area contributed by atoms with Crippen molar-refractivity contribution in [2.45, 2.75) is 58.0 Å². The lowest BCUT2D eigenvalue weighted by Crippen LogP contribution is -2.49. The molecule has 2 aromatic rings. The zero-order valence-electron chi connectivity index (χ0n) is 22.8. The van der Waals surface area contributed by atoms with Crippen LogP contribution in [-0.2, 0) is 16.0 Å². The number of hydrogen-bond acceptors (Lipinski definition) is 5. The van der Waals surface area contributed by atoms with Crippen molar-refractivity contribution < 1.29 is 23.9 Å². The number of aliphatic imine (C=N–C) groups is 1. The molecule has 0 atom stereocenters. The van der Waals surface area contributed by atoms with Crippen LogP contribution in [0.15, 0.2) is 47.5 Å². The van der Waals surface area contributed by atoms with Crippen LogP contribution >= 0.6 is 11.6 Å². The number of amides is 1. The number of nitrogens with one attached hydrogen (secondary N) is 1. The quantitative estimate of drug-likeness (QED) is 0.269. The number of aliphatic carboxylic acids is 1. The summed E-state index contributed by atoms with van der Waals surface area (Å²) in [5, 5.41) is 11.5. The van der Waals surface area contributed by atoms with Gasteiger partial charge in [0.2, 0.25) is 0 Å². The summed E-state index contributed by atoms with van der Waals surface area (Å²) in [6.45, 7) is 5.19. The first-order chi connectivity index (χ1) is 18.5. The van der Waals surface area contributed by atoms with E-state index in [0.717, 1.165) is 31.2 Å². The average Bonchev–Trinajstić information content (AvgIpc) is 2.90. The summed E-state index contributed by atoms with van der Waals surface area (Å²) < 4.78 is 14.1. The predicted molar refractivity (Wildman–Crippen MR) is 151 cm³/mol. The van der Waals surface area contributed by atoms with Crippen LogP contribution in [0.3, 0.4) is 0 Å². The Balaban J connectivity index is 1.77. The molecule has 0 radical (unpaired) electrons. The van der Waals surface area contributed by atoms with Gasteiger partial charge in [0.1, 0.15) is 17.2 Å². The molecule has 2 aromatic carbocycles. The minimum atomic E-state index is -0.963. The highest BCUT2D eigenvalue weighted by Crippen LogP contribution is 2.40. The molecule has 0 bridgehead atoms. The van der Waals surface area contributed by atoms with Gasteiger partial charge in [0.15, 0.2) is 6.29 Å². The first-order valence-corrected chi connectivity index (χ1v) is 13.7. The Hall–Kier alpha value is -3.10. The van der Waals surface area contributed by atoms with Crippen molar-refractivity contribution in [1.82, 2.24) is 10.2 Å². The van der Waals surface area contributed by atoms with Gasteiger partial charge in [0.25, 0.3) is 5.91 Å². The number of aldehydes is 1. The van der Waals surface area contributed by atoms with E-state index in [-0.39, 0.29) is 29.6 Å². The molecule has 0 aromatic heterocycles. The molecule has 1 saturated carbocycles. The summed E-state index contributed by atoms with van der Waals surface area (Å²) in [5.74, 6) is -0.649. The maximum Gasteiger partial charge on any atom is 0.305 e. The highest BCUT2D eigenvalue weighted by Gasteiger charge is 2.39. The molecule has 1 amide bonds. The lowest BCUT2D eigenvalue weighted by atomic mass is 9.76. The number of hydrogen-bond donors (Lipinski definition) is 2. The smallest absolute Gasteiger partial charge is 0.305 e. The predicted octanol–water partition coefficient (Wildman–Crippen LogP) is 5.39. The molecular weight excluding hydrogens is 521 g/mol. The molecule has 3 rings (SSSR count). The molecule has 1 aliphatic rings. The van der Waals surface area contributed by atoms with E-state index in [4.69, 9.17) is 21.7 Å². The van der Waals surface area contributed by atoms with E-state index < -0.39 is 17.4 Å². The summed E-state index contributed by atoms with van der Waals surface area (Å²) in [4.78, 5) is 42.2.